The summed E-state index contributed by atoms with van der Waals surface area (Å²) in [5.41, 5.74) is 11.5. The highest BCUT2D eigenvalue weighted by molar-refractivity contribution is 5.97. The smallest absolute Gasteiger partial charge is 0.324 e. The average Bonchev–Trinajstić information content (AvgIpc) is 3.93. The molecule has 0 saturated carbocycles. The van der Waals surface area contributed by atoms with Gasteiger partial charge in [-0.25, -0.2) is 5.43 Å². The van der Waals surface area contributed by atoms with Gasteiger partial charge < -0.3 is 29.2 Å². The van der Waals surface area contributed by atoms with Crippen molar-refractivity contribution in [3.8, 4) is 34.2 Å². The van der Waals surface area contributed by atoms with Crippen molar-refractivity contribution in [3.63, 3.8) is 0 Å². The van der Waals surface area contributed by atoms with Gasteiger partial charge in [0.25, 0.3) is 11.8 Å². The number of carbonyl (C=O) groups is 5. The average molecular weight is 943 g/mol. The first kappa shape index (κ1) is 50.8. The molecule has 4 aromatic rings. The SMILES string of the molecule is CCn1c(-c2cccnc2COC)c2c3cc(ccc31)-c1cc(C)cc(c1)C[C@H](NC(=O)[C@@H](C(C)C)N(C)C(=O)[C@H]1CCN(C(=O)C#CCN(C)C)C1)C(=O)N1CCC[C@H](N1)C(=O)OCC(C)(C)C2. The van der Waals surface area contributed by atoms with Gasteiger partial charge in [-0.2, -0.15) is 0 Å². The fraction of sp³-hybridized carbons (Fsp3) is 0.519. The molecule has 4 atom stereocenters. The Morgan fingerprint density at radius 2 is 1.83 bits per heavy atom. The van der Waals surface area contributed by atoms with E-state index in [0.29, 0.717) is 58.5 Å². The number of carbonyl (C=O) groups excluding carboxylic acids is 5. The fourth-order valence-corrected chi connectivity index (χ4v) is 10.2. The van der Waals surface area contributed by atoms with Crippen LogP contribution in [0.5, 0.6) is 0 Å². The number of pyridine rings is 1. The van der Waals surface area contributed by atoms with Crippen LogP contribution in [0.2, 0.25) is 0 Å². The molecule has 2 N–H and O–H groups in total. The molecule has 69 heavy (non-hydrogen) atoms. The second kappa shape index (κ2) is 21.7. The van der Waals surface area contributed by atoms with Crippen LogP contribution in [-0.2, 0) is 59.4 Å². The standard InChI is InChI=1S/C54H70N8O7/c1-11-61-46-19-18-37-29-41(46)42(49(61)40-15-12-21-55-45(40)32-68-10)30-54(5,6)33-69-53(67)43-16-13-23-62(57-43)52(66)44(28-36-25-35(4)26-39(37)27-36)56-50(64)48(34(2)3)59(9)51(65)38-20-24-60(31-38)47(63)17-14-22-58(7)8/h12,15,18-19,21,25-27,29,34,38,43-44,48,57H,11,13,16,20,22-24,28,30-33H2,1-10H3,(H,56,64)/t38-,43-,44-,48+/m0/s1. The van der Waals surface area contributed by atoms with Gasteiger partial charge in [0, 0.05) is 74.8 Å². The molecule has 15 nitrogen and oxygen atoms in total. The Morgan fingerprint density at radius 1 is 1.04 bits per heavy atom. The lowest BCUT2D eigenvalue weighted by molar-refractivity contribution is -0.155. The van der Waals surface area contributed by atoms with Crippen LogP contribution in [0.3, 0.4) is 0 Å². The van der Waals surface area contributed by atoms with Gasteiger partial charge in [0.15, 0.2) is 0 Å². The zero-order chi connectivity index (χ0) is 49.7. The zero-order valence-corrected chi connectivity index (χ0v) is 42.1. The Bertz CT molecular complexity index is 2640. The first-order valence-corrected chi connectivity index (χ1v) is 24.3. The number of aromatic nitrogens is 2. The minimum Gasteiger partial charge on any atom is -0.464 e. The Hall–Kier alpha value is -6.08. The summed E-state index contributed by atoms with van der Waals surface area (Å²) >= 11 is 0. The number of hydrogen-bond donors (Lipinski definition) is 2. The van der Waals surface area contributed by atoms with Crippen LogP contribution in [0.1, 0.15) is 76.3 Å². The number of hydrogen-bond acceptors (Lipinski definition) is 10. The Labute approximate surface area is 407 Å². The van der Waals surface area contributed by atoms with Crippen molar-refractivity contribution < 1.29 is 33.4 Å². The largest absolute Gasteiger partial charge is 0.464 e. The van der Waals surface area contributed by atoms with Gasteiger partial charge in [-0.1, -0.05) is 63.4 Å². The first-order chi connectivity index (χ1) is 32.9. The maximum Gasteiger partial charge on any atom is 0.324 e. The number of methoxy groups -OCH3 is 1. The van der Waals surface area contributed by atoms with Gasteiger partial charge in [-0.3, -0.25) is 38.9 Å². The predicted octanol–water partition coefficient (Wildman–Crippen LogP) is 5.39. The Kier molecular flexibility index (Phi) is 16.0. The molecular weight excluding hydrogens is 873 g/mol. The van der Waals surface area contributed by atoms with E-state index in [1.165, 1.54) is 9.91 Å². The second-order valence-electron chi connectivity index (χ2n) is 20.4. The summed E-state index contributed by atoms with van der Waals surface area (Å²) < 4.78 is 14.1. The van der Waals surface area contributed by atoms with Crippen LogP contribution in [0, 0.1) is 36.0 Å². The van der Waals surface area contributed by atoms with Crippen LogP contribution in [-0.4, -0.2) is 138 Å². The van der Waals surface area contributed by atoms with Crippen molar-refractivity contribution in [2.45, 2.75) is 105 Å². The summed E-state index contributed by atoms with van der Waals surface area (Å²) in [6.45, 7) is 14.7. The van der Waals surface area contributed by atoms with Crippen molar-refractivity contribution in [1.29, 1.82) is 0 Å². The van der Waals surface area contributed by atoms with Crippen molar-refractivity contribution in [1.82, 2.24) is 40.0 Å². The predicted molar refractivity (Wildman–Crippen MR) is 266 cm³/mol. The van der Waals surface area contributed by atoms with Gasteiger partial charge in [-0.15, -0.1) is 0 Å². The van der Waals surface area contributed by atoms with E-state index in [1.54, 1.807) is 25.3 Å². The van der Waals surface area contributed by atoms with E-state index < -0.39 is 47.2 Å². The highest BCUT2D eigenvalue weighted by atomic mass is 16.5. The Morgan fingerprint density at radius 3 is 2.55 bits per heavy atom. The number of nitrogens with one attached hydrogen (secondary N) is 2. The number of nitrogens with zero attached hydrogens (tertiary/aromatic N) is 6. The normalized spacial score (nSPS) is 20.0. The summed E-state index contributed by atoms with van der Waals surface area (Å²) in [7, 11) is 7.04. The van der Waals surface area contributed by atoms with E-state index in [-0.39, 0.29) is 37.3 Å². The molecule has 368 valence electrons. The number of aryl methyl sites for hydroxylation is 2. The monoisotopic (exact) mass is 943 g/mol. The maximum atomic E-state index is 14.8. The number of rotatable bonds is 10. The molecule has 0 radical (unpaired) electrons. The molecule has 0 unspecified atom stereocenters. The molecule has 3 aliphatic rings. The zero-order valence-electron chi connectivity index (χ0n) is 42.1. The van der Waals surface area contributed by atoms with Crippen molar-refractivity contribution in [2.24, 2.45) is 17.3 Å². The van der Waals surface area contributed by atoms with Gasteiger partial charge in [0.2, 0.25) is 11.8 Å². The number of cyclic esters (lactones) is 1. The van der Waals surface area contributed by atoms with Crippen LogP contribution < -0.4 is 10.7 Å². The van der Waals surface area contributed by atoms with Crippen LogP contribution in [0.15, 0.2) is 54.7 Å². The van der Waals surface area contributed by atoms with Gasteiger partial charge in [0.1, 0.15) is 18.1 Å². The summed E-state index contributed by atoms with van der Waals surface area (Å²) in [4.78, 5) is 80.1. The van der Waals surface area contributed by atoms with Gasteiger partial charge >= 0.3 is 5.97 Å². The molecule has 2 saturated heterocycles. The lowest BCUT2D eigenvalue weighted by Crippen LogP contribution is -2.62. The fourth-order valence-electron chi connectivity index (χ4n) is 10.2. The molecule has 0 aliphatic carbocycles. The number of esters is 1. The number of likely N-dealkylation sites (tertiary alicyclic amines) is 1. The Balaban J connectivity index is 1.26. The molecule has 2 aromatic carbocycles. The number of likely N-dealkylation sites (N-methyl/N-ethyl adjacent to an activating group) is 1. The van der Waals surface area contributed by atoms with E-state index in [4.69, 9.17) is 14.5 Å². The summed E-state index contributed by atoms with van der Waals surface area (Å²) in [6.07, 6.45) is 3.99. The first-order valence-electron chi connectivity index (χ1n) is 24.3. The van der Waals surface area contributed by atoms with Gasteiger partial charge in [0.05, 0.1) is 37.1 Å². The summed E-state index contributed by atoms with van der Waals surface area (Å²) in [6, 6.07) is 14.1. The number of amides is 4. The van der Waals surface area contributed by atoms with Crippen LogP contribution >= 0.6 is 0 Å². The number of benzene rings is 2. The number of ether oxygens (including phenoxy) is 2. The van der Waals surface area contributed by atoms with E-state index in [9.17, 15) is 24.0 Å². The number of fused-ring (bicyclic) bond motifs is 6. The molecule has 2 fully saturated rings. The van der Waals surface area contributed by atoms with Crippen molar-refractivity contribution in [2.75, 3.05) is 61.0 Å². The number of hydrazine groups is 1. The van der Waals surface area contributed by atoms with E-state index in [2.05, 4.69) is 84.3 Å². The topological polar surface area (TPSA) is 159 Å². The van der Waals surface area contributed by atoms with Crippen molar-refractivity contribution >= 4 is 40.5 Å². The molecule has 15 heteroatoms. The van der Waals surface area contributed by atoms with Crippen LogP contribution in [0.4, 0.5) is 0 Å². The molecule has 2 aromatic heterocycles. The molecular formula is C54H70N8O7. The van der Waals surface area contributed by atoms with Gasteiger partial charge in [-0.05, 0) is 112 Å². The van der Waals surface area contributed by atoms with E-state index in [0.717, 1.165) is 55.7 Å². The lowest BCUT2D eigenvalue weighted by Gasteiger charge is -2.37. The minimum atomic E-state index is -1.06. The van der Waals surface area contributed by atoms with E-state index >= 15 is 0 Å². The third kappa shape index (κ3) is 11.5. The molecule has 3 aliphatic heterocycles. The summed E-state index contributed by atoms with van der Waals surface area (Å²) in [5, 5.41) is 5.61. The summed E-state index contributed by atoms with van der Waals surface area (Å²) in [5.74, 6) is 2.83. The van der Waals surface area contributed by atoms with E-state index in [1.807, 2.05) is 51.9 Å². The second-order valence-corrected chi connectivity index (χ2v) is 20.4. The third-order valence-electron chi connectivity index (χ3n) is 13.5. The molecule has 5 heterocycles. The highest BCUT2D eigenvalue weighted by Crippen LogP contribution is 2.41. The van der Waals surface area contributed by atoms with Crippen LogP contribution in [0.25, 0.3) is 33.3 Å². The quantitative estimate of drug-likeness (QED) is 0.156. The molecule has 4 amide bonds. The molecule has 0 spiro atoms. The van der Waals surface area contributed by atoms with Crippen molar-refractivity contribution in [3.05, 3.63) is 77.1 Å². The minimum absolute atomic E-state index is 0.136. The maximum absolute atomic E-state index is 14.8. The lowest BCUT2D eigenvalue weighted by atomic mass is 9.84. The molecule has 7 rings (SSSR count). The third-order valence-corrected chi connectivity index (χ3v) is 13.5. The molecule has 6 bridgehead atoms. The highest BCUT2D eigenvalue weighted by Gasteiger charge is 2.40.